The summed E-state index contributed by atoms with van der Waals surface area (Å²) in [7, 11) is 3.65. The molecule has 1 aromatic carbocycles. The zero-order valence-electron chi connectivity index (χ0n) is 15.0. The van der Waals surface area contributed by atoms with Gasteiger partial charge in [-0.3, -0.25) is 9.58 Å². The van der Waals surface area contributed by atoms with E-state index in [0.717, 1.165) is 49.3 Å². The molecule has 1 aromatic heterocycles. The molecular formula is C18H25N5OS. The fourth-order valence-electron chi connectivity index (χ4n) is 2.95. The van der Waals surface area contributed by atoms with Crippen LogP contribution in [0.15, 0.2) is 30.5 Å². The molecule has 6 nitrogen and oxygen atoms in total. The maximum atomic E-state index is 5.57. The van der Waals surface area contributed by atoms with Crippen LogP contribution < -0.4 is 10.1 Å². The van der Waals surface area contributed by atoms with Gasteiger partial charge in [-0.15, -0.1) is 0 Å². The first kappa shape index (κ1) is 17.7. The van der Waals surface area contributed by atoms with Gasteiger partial charge < -0.3 is 15.0 Å². The van der Waals surface area contributed by atoms with Crippen molar-refractivity contribution < 1.29 is 4.74 Å². The quantitative estimate of drug-likeness (QED) is 0.845. The summed E-state index contributed by atoms with van der Waals surface area (Å²) in [6.45, 7) is 6.90. The van der Waals surface area contributed by atoms with E-state index in [-0.39, 0.29) is 0 Å². The van der Waals surface area contributed by atoms with Gasteiger partial charge in [0.05, 0.1) is 13.3 Å². The van der Waals surface area contributed by atoms with Crippen molar-refractivity contribution >= 4 is 23.0 Å². The molecule has 0 bridgehead atoms. The second-order valence-electron chi connectivity index (χ2n) is 6.30. The van der Waals surface area contributed by atoms with E-state index < -0.39 is 0 Å². The number of aryl methyl sites for hydroxylation is 1. The van der Waals surface area contributed by atoms with E-state index in [0.29, 0.717) is 0 Å². The molecule has 0 radical (unpaired) electrons. The molecule has 134 valence electrons. The fraction of sp³-hybridized carbons (Fsp3) is 0.444. The largest absolute Gasteiger partial charge is 0.497 e. The van der Waals surface area contributed by atoms with Gasteiger partial charge in [-0.2, -0.15) is 5.10 Å². The van der Waals surface area contributed by atoms with Gasteiger partial charge in [-0.25, -0.2) is 0 Å². The zero-order chi connectivity index (χ0) is 17.8. The molecule has 1 saturated heterocycles. The molecule has 3 rings (SSSR count). The molecule has 1 fully saturated rings. The Labute approximate surface area is 154 Å². The number of anilines is 1. The Balaban J connectivity index is 1.51. The molecule has 25 heavy (non-hydrogen) atoms. The summed E-state index contributed by atoms with van der Waals surface area (Å²) in [5, 5.41) is 8.40. The van der Waals surface area contributed by atoms with E-state index in [1.165, 1.54) is 11.3 Å². The number of piperazine rings is 1. The van der Waals surface area contributed by atoms with Crippen LogP contribution in [0.4, 0.5) is 5.69 Å². The average Bonchev–Trinajstić information content (AvgIpc) is 2.94. The monoisotopic (exact) mass is 359 g/mol. The summed E-state index contributed by atoms with van der Waals surface area (Å²) >= 11 is 5.57. The zero-order valence-corrected chi connectivity index (χ0v) is 15.8. The van der Waals surface area contributed by atoms with Gasteiger partial charge >= 0.3 is 0 Å². The molecule has 0 unspecified atom stereocenters. The Kier molecular flexibility index (Phi) is 5.55. The van der Waals surface area contributed by atoms with E-state index in [9.17, 15) is 0 Å². The minimum atomic E-state index is 0.769. The van der Waals surface area contributed by atoms with Crippen LogP contribution in [0.3, 0.4) is 0 Å². The lowest BCUT2D eigenvalue weighted by molar-refractivity contribution is 0.176. The van der Waals surface area contributed by atoms with Crippen molar-refractivity contribution in [3.05, 3.63) is 41.7 Å². The van der Waals surface area contributed by atoms with E-state index in [1.807, 2.05) is 42.2 Å². The number of hydrogen-bond donors (Lipinski definition) is 1. The topological polar surface area (TPSA) is 45.6 Å². The van der Waals surface area contributed by atoms with Crippen LogP contribution in [0.1, 0.15) is 11.3 Å². The first-order valence-corrected chi connectivity index (χ1v) is 8.87. The Morgan fingerprint density at radius 2 is 2.04 bits per heavy atom. The van der Waals surface area contributed by atoms with E-state index in [1.54, 1.807) is 7.11 Å². The number of ether oxygens (including phenoxy) is 1. The summed E-state index contributed by atoms with van der Waals surface area (Å²) in [5.74, 6) is 0.824. The van der Waals surface area contributed by atoms with E-state index >= 15 is 0 Å². The third-order valence-corrected chi connectivity index (χ3v) is 5.07. The average molecular weight is 359 g/mol. The van der Waals surface area contributed by atoms with Crippen LogP contribution in [0.5, 0.6) is 5.75 Å². The molecule has 2 heterocycles. The van der Waals surface area contributed by atoms with Crippen molar-refractivity contribution in [2.45, 2.75) is 13.5 Å². The molecule has 0 atom stereocenters. The second-order valence-corrected chi connectivity index (χ2v) is 6.69. The highest BCUT2D eigenvalue weighted by Crippen LogP contribution is 2.18. The summed E-state index contributed by atoms with van der Waals surface area (Å²) in [5.41, 5.74) is 3.49. The van der Waals surface area contributed by atoms with Gasteiger partial charge in [0.25, 0.3) is 0 Å². The molecule has 0 aliphatic carbocycles. The molecule has 2 aromatic rings. The van der Waals surface area contributed by atoms with Crippen LogP contribution >= 0.6 is 12.2 Å². The van der Waals surface area contributed by atoms with Crippen LogP contribution in [-0.4, -0.2) is 58.0 Å². The third kappa shape index (κ3) is 4.29. The van der Waals surface area contributed by atoms with Crippen molar-refractivity contribution in [2.24, 2.45) is 7.05 Å². The second kappa shape index (κ2) is 7.84. The highest BCUT2D eigenvalue weighted by molar-refractivity contribution is 7.80. The van der Waals surface area contributed by atoms with Crippen molar-refractivity contribution in [1.82, 2.24) is 19.6 Å². The summed E-state index contributed by atoms with van der Waals surface area (Å²) in [6.07, 6.45) is 1.97. The fourth-order valence-corrected chi connectivity index (χ4v) is 3.25. The van der Waals surface area contributed by atoms with E-state index in [2.05, 4.69) is 27.1 Å². The Hall–Kier alpha value is -2.12. The number of nitrogens with zero attached hydrogens (tertiary/aromatic N) is 4. The van der Waals surface area contributed by atoms with Crippen LogP contribution in [-0.2, 0) is 13.6 Å². The first-order valence-electron chi connectivity index (χ1n) is 8.46. The Bertz CT molecular complexity index is 737. The number of aromatic nitrogens is 2. The minimum absolute atomic E-state index is 0.769. The number of rotatable bonds is 4. The highest BCUT2D eigenvalue weighted by Gasteiger charge is 2.20. The molecule has 1 aliphatic heterocycles. The number of nitrogens with one attached hydrogen (secondary N) is 1. The van der Waals surface area contributed by atoms with Gasteiger partial charge in [0.2, 0.25) is 0 Å². The molecule has 0 amide bonds. The Morgan fingerprint density at radius 3 is 2.68 bits per heavy atom. The van der Waals surface area contributed by atoms with Gasteiger partial charge in [0, 0.05) is 62.8 Å². The molecule has 1 N–H and O–H groups in total. The maximum absolute atomic E-state index is 5.57. The van der Waals surface area contributed by atoms with Gasteiger partial charge in [-0.1, -0.05) is 6.07 Å². The van der Waals surface area contributed by atoms with Crippen LogP contribution in [0.2, 0.25) is 0 Å². The first-order chi connectivity index (χ1) is 12.1. The van der Waals surface area contributed by atoms with E-state index in [4.69, 9.17) is 17.0 Å². The SMILES string of the molecule is COc1cccc(NC(=S)N2CCN(Cc3cnn(C)c3C)CC2)c1. The Morgan fingerprint density at radius 1 is 1.28 bits per heavy atom. The van der Waals surface area contributed by atoms with Crippen LogP contribution in [0.25, 0.3) is 0 Å². The van der Waals surface area contributed by atoms with Gasteiger partial charge in [0.15, 0.2) is 5.11 Å². The predicted octanol–water partition coefficient (Wildman–Crippen LogP) is 2.25. The maximum Gasteiger partial charge on any atom is 0.173 e. The standard InChI is InChI=1S/C18H25N5OS/c1-14-15(12-19-21(14)2)13-22-7-9-23(10-8-22)18(25)20-16-5-4-6-17(11-16)24-3/h4-6,11-12H,7-10,13H2,1-3H3,(H,20,25). The minimum Gasteiger partial charge on any atom is -0.497 e. The lowest BCUT2D eigenvalue weighted by atomic mass is 10.2. The van der Waals surface area contributed by atoms with Crippen molar-refractivity contribution in [1.29, 1.82) is 0 Å². The normalized spacial score (nSPS) is 15.2. The van der Waals surface area contributed by atoms with Crippen molar-refractivity contribution in [2.75, 3.05) is 38.6 Å². The summed E-state index contributed by atoms with van der Waals surface area (Å²) < 4.78 is 7.18. The molecule has 7 heteroatoms. The van der Waals surface area contributed by atoms with Crippen molar-refractivity contribution in [3.63, 3.8) is 0 Å². The third-order valence-electron chi connectivity index (χ3n) is 4.71. The molecule has 0 spiro atoms. The summed E-state index contributed by atoms with van der Waals surface area (Å²) in [6, 6.07) is 7.83. The number of hydrogen-bond acceptors (Lipinski definition) is 4. The smallest absolute Gasteiger partial charge is 0.173 e. The van der Waals surface area contributed by atoms with Crippen LogP contribution in [0, 0.1) is 6.92 Å². The highest BCUT2D eigenvalue weighted by atomic mass is 32.1. The summed E-state index contributed by atoms with van der Waals surface area (Å²) in [4.78, 5) is 4.68. The van der Waals surface area contributed by atoms with Gasteiger partial charge in [0.1, 0.15) is 5.75 Å². The molecular weight excluding hydrogens is 334 g/mol. The molecule has 1 aliphatic rings. The number of benzene rings is 1. The number of methoxy groups -OCH3 is 1. The lowest BCUT2D eigenvalue weighted by Crippen LogP contribution is -2.49. The number of thiocarbonyl (C=S) groups is 1. The van der Waals surface area contributed by atoms with Crippen molar-refractivity contribution in [3.8, 4) is 5.75 Å². The van der Waals surface area contributed by atoms with Gasteiger partial charge in [-0.05, 0) is 31.3 Å². The lowest BCUT2D eigenvalue weighted by Gasteiger charge is -2.36. The molecule has 0 saturated carbocycles. The predicted molar refractivity (Wildman–Crippen MR) is 104 cm³/mol.